The molecule has 0 bridgehead atoms. The average Bonchev–Trinajstić information content (AvgIpc) is 2.89. The highest BCUT2D eigenvalue weighted by Crippen LogP contribution is 2.45. The van der Waals surface area contributed by atoms with Crippen LogP contribution in [-0.4, -0.2) is 47.9 Å². The average molecular weight is 357 g/mol. The largest absolute Gasteiger partial charge is 0.492 e. The highest BCUT2D eigenvalue weighted by Gasteiger charge is 2.41. The van der Waals surface area contributed by atoms with Gasteiger partial charge in [0.25, 0.3) is 5.91 Å². The number of carbonyl (C=O) groups excluding carboxylic acids is 2. The summed E-state index contributed by atoms with van der Waals surface area (Å²) < 4.78 is 11.8. The van der Waals surface area contributed by atoms with Gasteiger partial charge >= 0.3 is 0 Å². The van der Waals surface area contributed by atoms with Gasteiger partial charge in [-0.25, -0.2) is 0 Å². The molecule has 1 unspecified atom stereocenters. The molecule has 0 saturated carbocycles. The van der Waals surface area contributed by atoms with E-state index in [1.807, 2.05) is 12.1 Å². The fourth-order valence-electron chi connectivity index (χ4n) is 3.92. The van der Waals surface area contributed by atoms with Crippen molar-refractivity contribution in [3.63, 3.8) is 0 Å². The first-order valence-electron chi connectivity index (χ1n) is 8.77. The van der Waals surface area contributed by atoms with Gasteiger partial charge in [0.2, 0.25) is 5.91 Å². The van der Waals surface area contributed by atoms with Gasteiger partial charge in [0.1, 0.15) is 11.5 Å². The van der Waals surface area contributed by atoms with Crippen molar-refractivity contribution in [1.29, 1.82) is 0 Å². The Morgan fingerprint density at radius 3 is 2.84 bits per heavy atom. The molecular formula is C18H21N2O4Si. The first kappa shape index (κ1) is 16.6. The zero-order chi connectivity index (χ0) is 17.4. The van der Waals surface area contributed by atoms with Crippen LogP contribution < -0.4 is 20.1 Å². The van der Waals surface area contributed by atoms with Crippen molar-refractivity contribution in [2.45, 2.75) is 42.7 Å². The number of imide groups is 1. The molecule has 0 aromatic heterocycles. The summed E-state index contributed by atoms with van der Waals surface area (Å²) in [6.45, 7) is 2.71. The van der Waals surface area contributed by atoms with Gasteiger partial charge in [0, 0.05) is 33.7 Å². The van der Waals surface area contributed by atoms with Crippen molar-refractivity contribution in [2.75, 3.05) is 19.7 Å². The van der Waals surface area contributed by atoms with Crippen molar-refractivity contribution in [3.8, 4) is 11.5 Å². The van der Waals surface area contributed by atoms with Crippen LogP contribution in [0, 0.1) is 0 Å². The molecule has 6 nitrogen and oxygen atoms in total. The van der Waals surface area contributed by atoms with Crippen molar-refractivity contribution in [1.82, 2.24) is 10.6 Å². The summed E-state index contributed by atoms with van der Waals surface area (Å²) >= 11 is 0. The zero-order valence-electron chi connectivity index (χ0n) is 14.0. The number of carbonyl (C=O) groups is 2. The summed E-state index contributed by atoms with van der Waals surface area (Å²) in [5.74, 6) is 0.765. The predicted octanol–water partition coefficient (Wildman–Crippen LogP) is 0.841. The molecule has 3 aliphatic rings. The van der Waals surface area contributed by atoms with Crippen LogP contribution in [0.15, 0.2) is 18.2 Å². The summed E-state index contributed by atoms with van der Waals surface area (Å²) in [6.07, 6.45) is 2.25. The third-order valence-corrected chi connectivity index (χ3v) is 6.01. The number of fused-ring (bicyclic) bond motifs is 2. The molecule has 2 fully saturated rings. The molecule has 3 radical (unpaired) electrons. The lowest BCUT2D eigenvalue weighted by molar-refractivity contribution is -0.133. The molecule has 3 heterocycles. The van der Waals surface area contributed by atoms with E-state index in [0.717, 1.165) is 31.7 Å². The SMILES string of the molecule is O=C1CCC([Si])[C@H](Oc2ccc3c(c2)OCC32CCNCC2)C(=O)N1. The molecule has 1 spiro atoms. The van der Waals surface area contributed by atoms with Gasteiger partial charge in [0.05, 0.1) is 6.61 Å². The summed E-state index contributed by atoms with van der Waals surface area (Å²) in [6, 6.07) is 5.83. The molecule has 0 aliphatic carbocycles. The highest BCUT2D eigenvalue weighted by molar-refractivity contribution is 6.16. The number of nitrogens with one attached hydrogen (secondary N) is 2. The van der Waals surface area contributed by atoms with Crippen molar-refractivity contribution in [3.05, 3.63) is 23.8 Å². The van der Waals surface area contributed by atoms with Gasteiger partial charge in [-0.05, 0) is 44.0 Å². The van der Waals surface area contributed by atoms with Crippen LogP contribution in [-0.2, 0) is 15.0 Å². The minimum atomic E-state index is -0.740. The number of hydrogen-bond acceptors (Lipinski definition) is 5. The second-order valence-corrected chi connectivity index (χ2v) is 7.81. The molecule has 2 atom stereocenters. The van der Waals surface area contributed by atoms with Gasteiger partial charge in [0.15, 0.2) is 6.10 Å². The van der Waals surface area contributed by atoms with Gasteiger partial charge in [-0.1, -0.05) is 6.07 Å². The van der Waals surface area contributed by atoms with Crippen LogP contribution in [0.1, 0.15) is 31.2 Å². The van der Waals surface area contributed by atoms with E-state index in [1.54, 1.807) is 0 Å². The molecule has 2 amide bonds. The molecule has 2 N–H and O–H groups in total. The second-order valence-electron chi connectivity index (χ2n) is 7.07. The van der Waals surface area contributed by atoms with Gasteiger partial charge in [-0.2, -0.15) is 0 Å². The number of rotatable bonds is 2. The van der Waals surface area contributed by atoms with Crippen molar-refractivity contribution in [2.24, 2.45) is 0 Å². The van der Waals surface area contributed by atoms with Gasteiger partial charge in [-0.15, -0.1) is 0 Å². The lowest BCUT2D eigenvalue weighted by Gasteiger charge is -2.32. The van der Waals surface area contributed by atoms with Crippen LogP contribution in [0.2, 0.25) is 5.54 Å². The maximum atomic E-state index is 12.2. The maximum absolute atomic E-state index is 12.2. The quantitative estimate of drug-likeness (QED) is 0.606. The van der Waals surface area contributed by atoms with E-state index in [0.29, 0.717) is 25.2 Å². The standard InChI is InChI=1S/C18H21N2O4Si/c21-15-4-3-14(25)16(17(22)20-15)24-11-1-2-12-13(9-11)23-10-18(12)5-7-19-8-6-18/h1-2,9,14,16,19H,3-8,10H2,(H,20,21,22)/t14?,16-/m0/s1. The topological polar surface area (TPSA) is 76.7 Å². The molecule has 7 heteroatoms. The summed E-state index contributed by atoms with van der Waals surface area (Å²) in [4.78, 5) is 23.7. The van der Waals surface area contributed by atoms with Crippen LogP contribution in [0.4, 0.5) is 0 Å². The van der Waals surface area contributed by atoms with Crippen LogP contribution in [0.25, 0.3) is 0 Å². The third kappa shape index (κ3) is 3.06. The number of amides is 2. The summed E-state index contributed by atoms with van der Waals surface area (Å²) in [7, 11) is 3.53. The lowest BCUT2D eigenvalue weighted by atomic mass is 9.75. The fourth-order valence-corrected chi connectivity index (χ4v) is 4.28. The lowest BCUT2D eigenvalue weighted by Crippen LogP contribution is -2.41. The minimum absolute atomic E-state index is 0.100. The first-order valence-corrected chi connectivity index (χ1v) is 9.35. The molecular weight excluding hydrogens is 336 g/mol. The minimum Gasteiger partial charge on any atom is -0.492 e. The molecule has 3 aliphatic heterocycles. The Morgan fingerprint density at radius 2 is 2.04 bits per heavy atom. The third-order valence-electron chi connectivity index (χ3n) is 5.42. The van der Waals surface area contributed by atoms with Gasteiger partial charge < -0.3 is 14.8 Å². The Hall–Kier alpha value is -1.86. The molecule has 1 aromatic rings. The van der Waals surface area contributed by atoms with Crippen LogP contribution >= 0.6 is 0 Å². The molecule has 131 valence electrons. The Morgan fingerprint density at radius 1 is 1.24 bits per heavy atom. The monoisotopic (exact) mass is 357 g/mol. The second kappa shape index (κ2) is 6.46. The molecule has 25 heavy (non-hydrogen) atoms. The maximum Gasteiger partial charge on any atom is 0.267 e. The normalized spacial score (nSPS) is 28.0. The predicted molar refractivity (Wildman–Crippen MR) is 92.0 cm³/mol. The molecule has 1 aromatic carbocycles. The Bertz CT molecular complexity index is 702. The number of benzene rings is 1. The van der Waals surface area contributed by atoms with Crippen molar-refractivity contribution < 1.29 is 19.1 Å². The van der Waals surface area contributed by atoms with Crippen molar-refractivity contribution >= 4 is 22.1 Å². The molecule has 2 saturated heterocycles. The van der Waals surface area contributed by atoms with E-state index >= 15 is 0 Å². The number of piperidine rings is 1. The van der Waals surface area contributed by atoms with Crippen LogP contribution in [0.3, 0.4) is 0 Å². The zero-order valence-corrected chi connectivity index (χ0v) is 15.0. The fraction of sp³-hybridized carbons (Fsp3) is 0.556. The van der Waals surface area contributed by atoms with Gasteiger partial charge in [-0.3, -0.25) is 14.9 Å². The Kier molecular flexibility index (Phi) is 4.29. The summed E-state index contributed by atoms with van der Waals surface area (Å²) in [5.41, 5.74) is 1.12. The van der Waals surface area contributed by atoms with Crippen LogP contribution in [0.5, 0.6) is 11.5 Å². The first-order chi connectivity index (χ1) is 12.1. The van der Waals surface area contributed by atoms with E-state index in [2.05, 4.69) is 26.9 Å². The van der Waals surface area contributed by atoms with E-state index in [9.17, 15) is 9.59 Å². The van der Waals surface area contributed by atoms with E-state index in [4.69, 9.17) is 9.47 Å². The highest BCUT2D eigenvalue weighted by atomic mass is 28.1. The number of hydrogen-bond donors (Lipinski definition) is 2. The van der Waals surface area contributed by atoms with E-state index in [1.165, 1.54) is 5.56 Å². The number of ether oxygens (including phenoxy) is 2. The molecule has 4 rings (SSSR count). The van der Waals surface area contributed by atoms with E-state index in [-0.39, 0.29) is 16.9 Å². The summed E-state index contributed by atoms with van der Waals surface area (Å²) in [5, 5.41) is 5.76. The Labute approximate surface area is 150 Å². The Balaban J connectivity index is 1.55. The smallest absolute Gasteiger partial charge is 0.267 e. The van der Waals surface area contributed by atoms with E-state index < -0.39 is 12.0 Å².